The Morgan fingerprint density at radius 3 is 2.25 bits per heavy atom. The van der Waals surface area contributed by atoms with E-state index in [1.807, 2.05) is 0 Å². The van der Waals surface area contributed by atoms with Crippen molar-refractivity contribution in [2.45, 2.75) is 64.4 Å². The van der Waals surface area contributed by atoms with E-state index in [1.165, 1.54) is 25.7 Å². The van der Waals surface area contributed by atoms with Gasteiger partial charge in [-0.3, -0.25) is 0 Å². The smallest absolute Gasteiger partial charge is 0.0673 e. The Kier molecular flexibility index (Phi) is 3.57. The summed E-state index contributed by atoms with van der Waals surface area (Å²) in [5.41, 5.74) is -0.328. The molecule has 1 fully saturated rings. The molecule has 1 atom stereocenters. The monoisotopic (exact) mass is 170 g/mol. The van der Waals surface area contributed by atoms with E-state index in [-0.39, 0.29) is 5.60 Å². The Balaban J connectivity index is 2.51. The minimum Gasteiger partial charge on any atom is -0.390 e. The van der Waals surface area contributed by atoms with Crippen LogP contribution in [0.4, 0.5) is 0 Å². The average Bonchev–Trinajstić information content (AvgIpc) is 2.57. The van der Waals surface area contributed by atoms with Gasteiger partial charge in [0.15, 0.2) is 0 Å². The molecule has 0 aromatic rings. The first kappa shape index (κ1) is 10.0. The van der Waals surface area contributed by atoms with Crippen molar-refractivity contribution in [2.24, 2.45) is 5.92 Å². The van der Waals surface area contributed by atoms with Crippen molar-refractivity contribution in [1.82, 2.24) is 0 Å². The van der Waals surface area contributed by atoms with Crippen molar-refractivity contribution in [2.75, 3.05) is 0 Å². The van der Waals surface area contributed by atoms with E-state index in [1.54, 1.807) is 0 Å². The molecule has 1 aliphatic carbocycles. The van der Waals surface area contributed by atoms with Gasteiger partial charge in [-0.2, -0.15) is 0 Å². The predicted molar refractivity (Wildman–Crippen MR) is 52.1 cm³/mol. The first-order chi connectivity index (χ1) is 5.73. The molecule has 0 saturated heterocycles. The minimum absolute atomic E-state index is 0.328. The highest BCUT2D eigenvalue weighted by molar-refractivity contribution is 4.87. The van der Waals surface area contributed by atoms with Crippen LogP contribution < -0.4 is 0 Å². The molecule has 0 aromatic carbocycles. The highest BCUT2D eigenvalue weighted by Gasteiger charge is 2.35. The molecule has 1 saturated carbocycles. The highest BCUT2D eigenvalue weighted by atomic mass is 16.3. The Morgan fingerprint density at radius 1 is 1.25 bits per heavy atom. The van der Waals surface area contributed by atoms with Crippen molar-refractivity contribution in [3.05, 3.63) is 0 Å². The molecule has 1 unspecified atom stereocenters. The van der Waals surface area contributed by atoms with Gasteiger partial charge in [0, 0.05) is 0 Å². The van der Waals surface area contributed by atoms with E-state index in [4.69, 9.17) is 0 Å². The lowest BCUT2D eigenvalue weighted by Crippen LogP contribution is -2.35. The van der Waals surface area contributed by atoms with E-state index in [0.29, 0.717) is 5.92 Å². The van der Waals surface area contributed by atoms with Gasteiger partial charge < -0.3 is 5.11 Å². The SMILES string of the molecule is CCCC(O)(CC)C1CCCC1. The summed E-state index contributed by atoms with van der Waals surface area (Å²) in [6.07, 6.45) is 8.21. The molecule has 0 aliphatic heterocycles. The van der Waals surface area contributed by atoms with Crippen LogP contribution in [-0.4, -0.2) is 10.7 Å². The second-order valence-electron chi connectivity index (χ2n) is 4.19. The molecule has 1 nitrogen and oxygen atoms in total. The highest BCUT2D eigenvalue weighted by Crippen LogP contribution is 2.38. The molecule has 1 aliphatic rings. The van der Waals surface area contributed by atoms with E-state index in [2.05, 4.69) is 13.8 Å². The van der Waals surface area contributed by atoms with Crippen molar-refractivity contribution in [1.29, 1.82) is 0 Å². The third kappa shape index (κ3) is 2.01. The molecule has 0 radical (unpaired) electrons. The maximum atomic E-state index is 10.3. The summed E-state index contributed by atoms with van der Waals surface area (Å²) in [6.45, 7) is 4.28. The van der Waals surface area contributed by atoms with Gasteiger partial charge in [-0.25, -0.2) is 0 Å². The van der Waals surface area contributed by atoms with Crippen LogP contribution in [0, 0.1) is 5.92 Å². The fourth-order valence-corrected chi connectivity index (χ4v) is 2.57. The summed E-state index contributed by atoms with van der Waals surface area (Å²) >= 11 is 0. The minimum atomic E-state index is -0.328. The summed E-state index contributed by atoms with van der Waals surface area (Å²) in [5, 5.41) is 10.3. The average molecular weight is 170 g/mol. The number of rotatable bonds is 4. The Bertz CT molecular complexity index is 127. The van der Waals surface area contributed by atoms with Crippen LogP contribution in [0.5, 0.6) is 0 Å². The molecule has 0 amide bonds. The second kappa shape index (κ2) is 4.27. The number of hydrogen-bond acceptors (Lipinski definition) is 1. The normalized spacial score (nSPS) is 24.2. The predicted octanol–water partition coefficient (Wildman–Crippen LogP) is 3.12. The van der Waals surface area contributed by atoms with Gasteiger partial charge in [0.05, 0.1) is 5.60 Å². The summed E-state index contributed by atoms with van der Waals surface area (Å²) in [7, 11) is 0. The molecule has 0 heterocycles. The lowest BCUT2D eigenvalue weighted by Gasteiger charge is -2.32. The van der Waals surface area contributed by atoms with Crippen molar-refractivity contribution < 1.29 is 5.11 Å². The van der Waals surface area contributed by atoms with Gasteiger partial charge in [0.1, 0.15) is 0 Å². The Labute approximate surface area is 76.2 Å². The van der Waals surface area contributed by atoms with Gasteiger partial charge in [-0.05, 0) is 31.6 Å². The molecule has 0 bridgehead atoms. The molecule has 1 N–H and O–H groups in total. The van der Waals surface area contributed by atoms with E-state index in [0.717, 1.165) is 19.3 Å². The van der Waals surface area contributed by atoms with Crippen molar-refractivity contribution in [3.63, 3.8) is 0 Å². The zero-order valence-electron chi connectivity index (χ0n) is 8.47. The third-order valence-corrected chi connectivity index (χ3v) is 3.41. The largest absolute Gasteiger partial charge is 0.390 e. The van der Waals surface area contributed by atoms with E-state index >= 15 is 0 Å². The van der Waals surface area contributed by atoms with E-state index < -0.39 is 0 Å². The molecule has 72 valence electrons. The fraction of sp³-hybridized carbons (Fsp3) is 1.00. The number of hydrogen-bond donors (Lipinski definition) is 1. The van der Waals surface area contributed by atoms with E-state index in [9.17, 15) is 5.11 Å². The maximum Gasteiger partial charge on any atom is 0.0673 e. The quantitative estimate of drug-likeness (QED) is 0.687. The fourth-order valence-electron chi connectivity index (χ4n) is 2.57. The Morgan fingerprint density at radius 2 is 1.83 bits per heavy atom. The summed E-state index contributed by atoms with van der Waals surface area (Å²) < 4.78 is 0. The molecule has 1 heteroatoms. The van der Waals surface area contributed by atoms with Gasteiger partial charge >= 0.3 is 0 Å². The first-order valence-corrected chi connectivity index (χ1v) is 5.45. The van der Waals surface area contributed by atoms with Crippen LogP contribution in [0.15, 0.2) is 0 Å². The van der Waals surface area contributed by atoms with Gasteiger partial charge in [0.25, 0.3) is 0 Å². The first-order valence-electron chi connectivity index (χ1n) is 5.45. The second-order valence-corrected chi connectivity index (χ2v) is 4.19. The third-order valence-electron chi connectivity index (χ3n) is 3.41. The molecule has 0 aromatic heterocycles. The zero-order chi connectivity index (χ0) is 9.03. The van der Waals surface area contributed by atoms with Crippen LogP contribution >= 0.6 is 0 Å². The molecule has 0 spiro atoms. The van der Waals surface area contributed by atoms with Gasteiger partial charge in [0.2, 0.25) is 0 Å². The van der Waals surface area contributed by atoms with Crippen LogP contribution in [0.25, 0.3) is 0 Å². The summed E-state index contributed by atoms with van der Waals surface area (Å²) in [5.74, 6) is 0.599. The molecular formula is C11H22O. The summed E-state index contributed by atoms with van der Waals surface area (Å²) in [4.78, 5) is 0. The van der Waals surface area contributed by atoms with Gasteiger partial charge in [-0.15, -0.1) is 0 Å². The van der Waals surface area contributed by atoms with Gasteiger partial charge in [-0.1, -0.05) is 33.1 Å². The van der Waals surface area contributed by atoms with Crippen LogP contribution in [0.3, 0.4) is 0 Å². The Hall–Kier alpha value is -0.0400. The molecular weight excluding hydrogens is 148 g/mol. The summed E-state index contributed by atoms with van der Waals surface area (Å²) in [6, 6.07) is 0. The van der Waals surface area contributed by atoms with Crippen molar-refractivity contribution >= 4 is 0 Å². The van der Waals surface area contributed by atoms with Crippen LogP contribution in [0.2, 0.25) is 0 Å². The number of aliphatic hydroxyl groups is 1. The van der Waals surface area contributed by atoms with Crippen LogP contribution in [-0.2, 0) is 0 Å². The maximum absolute atomic E-state index is 10.3. The molecule has 1 rings (SSSR count). The van der Waals surface area contributed by atoms with Crippen LogP contribution in [0.1, 0.15) is 58.8 Å². The van der Waals surface area contributed by atoms with Crippen molar-refractivity contribution in [3.8, 4) is 0 Å². The topological polar surface area (TPSA) is 20.2 Å². The lowest BCUT2D eigenvalue weighted by molar-refractivity contribution is -0.0280. The lowest BCUT2D eigenvalue weighted by atomic mass is 9.80. The standard InChI is InChI=1S/C11H22O/c1-3-9-11(12,4-2)10-7-5-6-8-10/h10,12H,3-9H2,1-2H3. The zero-order valence-corrected chi connectivity index (χ0v) is 8.47. The molecule has 12 heavy (non-hydrogen) atoms.